The van der Waals surface area contributed by atoms with Crippen molar-refractivity contribution in [1.82, 2.24) is 10.6 Å². The molecule has 3 unspecified atom stereocenters. The Morgan fingerprint density at radius 2 is 1.83 bits per heavy atom. The van der Waals surface area contributed by atoms with E-state index in [1.807, 2.05) is 6.20 Å². The van der Waals surface area contributed by atoms with E-state index >= 15 is 0 Å². The Labute approximate surface area is 176 Å². The highest BCUT2D eigenvalue weighted by molar-refractivity contribution is 5.81. The third kappa shape index (κ3) is 4.96. The maximum Gasteiger partial charge on any atom is 0.391 e. The quantitative estimate of drug-likeness (QED) is 0.671. The molecule has 2 N–H and O–H groups in total. The number of rotatable bonds is 6. The first-order valence-electron chi connectivity index (χ1n) is 11.3. The van der Waals surface area contributed by atoms with Gasteiger partial charge in [0.15, 0.2) is 0 Å². The van der Waals surface area contributed by atoms with Gasteiger partial charge in [0.1, 0.15) is 0 Å². The third-order valence-corrected chi connectivity index (χ3v) is 7.60. The fourth-order valence-corrected chi connectivity index (χ4v) is 5.40. The SMILES string of the molecule is COC1CC(C(=O)NC2=CNC3CCC(OCC4CCC(C(F)(F)F)CC4)CC23)C1. The van der Waals surface area contributed by atoms with Gasteiger partial charge in [0, 0.05) is 43.5 Å². The van der Waals surface area contributed by atoms with Crippen LogP contribution in [-0.4, -0.2) is 44.0 Å². The van der Waals surface area contributed by atoms with E-state index in [1.54, 1.807) is 7.11 Å². The zero-order chi connectivity index (χ0) is 21.3. The van der Waals surface area contributed by atoms with Gasteiger partial charge in [0.2, 0.25) is 5.91 Å². The van der Waals surface area contributed by atoms with E-state index < -0.39 is 12.1 Å². The van der Waals surface area contributed by atoms with Crippen LogP contribution in [0.15, 0.2) is 11.9 Å². The van der Waals surface area contributed by atoms with Crippen molar-refractivity contribution in [2.24, 2.45) is 23.7 Å². The van der Waals surface area contributed by atoms with E-state index in [-0.39, 0.29) is 48.7 Å². The molecule has 0 spiro atoms. The highest BCUT2D eigenvalue weighted by atomic mass is 19.4. The van der Waals surface area contributed by atoms with E-state index in [0.717, 1.165) is 37.8 Å². The fourth-order valence-electron chi connectivity index (χ4n) is 5.40. The normalized spacial score (nSPS) is 38.8. The van der Waals surface area contributed by atoms with Crippen LogP contribution in [0.2, 0.25) is 0 Å². The minimum atomic E-state index is -4.06. The average Bonchev–Trinajstić information content (AvgIpc) is 3.07. The molecule has 0 aromatic carbocycles. The number of ether oxygens (including phenoxy) is 2. The monoisotopic (exact) mass is 430 g/mol. The Kier molecular flexibility index (Phi) is 6.63. The lowest BCUT2D eigenvalue weighted by Gasteiger charge is -2.36. The zero-order valence-electron chi connectivity index (χ0n) is 17.5. The Balaban J connectivity index is 1.20. The van der Waals surface area contributed by atoms with Crippen molar-refractivity contribution in [1.29, 1.82) is 0 Å². The van der Waals surface area contributed by atoms with Crippen molar-refractivity contribution in [3.63, 3.8) is 0 Å². The average molecular weight is 431 g/mol. The smallest absolute Gasteiger partial charge is 0.386 e. The molecule has 3 fully saturated rings. The predicted molar refractivity (Wildman–Crippen MR) is 105 cm³/mol. The molecule has 3 aliphatic carbocycles. The number of hydrogen-bond donors (Lipinski definition) is 2. The van der Waals surface area contributed by atoms with Crippen molar-refractivity contribution in [3.05, 3.63) is 11.9 Å². The molecule has 1 heterocycles. The minimum absolute atomic E-state index is 0.0253. The molecule has 30 heavy (non-hydrogen) atoms. The van der Waals surface area contributed by atoms with Gasteiger partial charge in [-0.1, -0.05) is 0 Å². The number of fused-ring (bicyclic) bond motifs is 1. The van der Waals surface area contributed by atoms with E-state index in [0.29, 0.717) is 25.5 Å². The molecule has 170 valence electrons. The summed E-state index contributed by atoms with van der Waals surface area (Å²) in [6.07, 6.45) is 4.12. The number of carbonyl (C=O) groups excluding carboxylic acids is 1. The fraction of sp³-hybridized carbons (Fsp3) is 0.864. The molecule has 8 heteroatoms. The van der Waals surface area contributed by atoms with Crippen molar-refractivity contribution in [3.8, 4) is 0 Å². The van der Waals surface area contributed by atoms with Gasteiger partial charge in [-0.3, -0.25) is 4.79 Å². The zero-order valence-corrected chi connectivity index (χ0v) is 17.5. The molecule has 5 nitrogen and oxygen atoms in total. The maximum atomic E-state index is 12.8. The standard InChI is InChI=1S/C22H33F3N2O3/c1-29-17-8-14(9-17)21(28)27-20-11-26-19-7-6-16(10-18(19)20)30-12-13-2-4-15(5-3-13)22(23,24)25/h11,13-19,26H,2-10,12H2,1H3,(H,27,28). The second kappa shape index (κ2) is 9.07. The summed E-state index contributed by atoms with van der Waals surface area (Å²) in [5.41, 5.74) is 0.949. The molecule has 1 aliphatic heterocycles. The highest BCUT2D eigenvalue weighted by Crippen LogP contribution is 2.40. The summed E-state index contributed by atoms with van der Waals surface area (Å²) >= 11 is 0. The van der Waals surface area contributed by atoms with Crippen molar-refractivity contribution >= 4 is 5.91 Å². The summed E-state index contributed by atoms with van der Waals surface area (Å²) < 4.78 is 49.9. The number of alkyl halides is 3. The summed E-state index contributed by atoms with van der Waals surface area (Å²) in [6, 6.07) is 0.329. The summed E-state index contributed by atoms with van der Waals surface area (Å²) in [6.45, 7) is 0.548. The third-order valence-electron chi connectivity index (χ3n) is 7.60. The molecule has 0 aromatic rings. The summed E-state index contributed by atoms with van der Waals surface area (Å²) in [5, 5.41) is 6.50. The molecular weight excluding hydrogens is 397 g/mol. The van der Waals surface area contributed by atoms with Crippen LogP contribution in [-0.2, 0) is 14.3 Å². The first kappa shape index (κ1) is 21.9. The molecule has 3 saturated carbocycles. The first-order valence-corrected chi connectivity index (χ1v) is 11.3. The second-order valence-electron chi connectivity index (χ2n) is 9.52. The van der Waals surface area contributed by atoms with Crippen LogP contribution >= 0.6 is 0 Å². The minimum Gasteiger partial charge on any atom is -0.386 e. The molecule has 0 aromatic heterocycles. The maximum absolute atomic E-state index is 12.8. The van der Waals surface area contributed by atoms with E-state index in [1.165, 1.54) is 0 Å². The number of amides is 1. The van der Waals surface area contributed by atoms with Crippen LogP contribution in [0, 0.1) is 23.7 Å². The van der Waals surface area contributed by atoms with Crippen LogP contribution in [0.3, 0.4) is 0 Å². The largest absolute Gasteiger partial charge is 0.391 e. The number of carbonyl (C=O) groups is 1. The lowest BCUT2D eigenvalue weighted by atomic mass is 9.80. The molecule has 4 aliphatic rings. The lowest BCUT2D eigenvalue weighted by molar-refractivity contribution is -0.185. The topological polar surface area (TPSA) is 59.6 Å². The second-order valence-corrected chi connectivity index (χ2v) is 9.52. The Morgan fingerprint density at radius 3 is 2.50 bits per heavy atom. The molecule has 0 bridgehead atoms. The number of halogens is 3. The molecule has 4 rings (SSSR count). The van der Waals surface area contributed by atoms with Crippen LogP contribution in [0.25, 0.3) is 0 Å². The Morgan fingerprint density at radius 1 is 1.10 bits per heavy atom. The van der Waals surface area contributed by atoms with E-state index in [2.05, 4.69) is 10.6 Å². The molecular formula is C22H33F3N2O3. The van der Waals surface area contributed by atoms with Crippen LogP contribution in [0.5, 0.6) is 0 Å². The van der Waals surface area contributed by atoms with Gasteiger partial charge < -0.3 is 20.1 Å². The van der Waals surface area contributed by atoms with Crippen molar-refractivity contribution in [2.75, 3.05) is 13.7 Å². The van der Waals surface area contributed by atoms with E-state index in [9.17, 15) is 18.0 Å². The van der Waals surface area contributed by atoms with Crippen molar-refractivity contribution < 1.29 is 27.4 Å². The van der Waals surface area contributed by atoms with Gasteiger partial charge in [-0.05, 0) is 63.7 Å². The van der Waals surface area contributed by atoms with Crippen molar-refractivity contribution in [2.45, 2.75) is 82.2 Å². The molecule has 3 atom stereocenters. The van der Waals surface area contributed by atoms with Gasteiger partial charge in [-0.15, -0.1) is 0 Å². The highest BCUT2D eigenvalue weighted by Gasteiger charge is 2.42. The summed E-state index contributed by atoms with van der Waals surface area (Å²) in [7, 11) is 1.68. The predicted octanol–water partition coefficient (Wildman–Crippen LogP) is 3.89. The Bertz CT molecular complexity index is 640. The lowest BCUT2D eigenvalue weighted by Crippen LogP contribution is -2.44. The van der Waals surface area contributed by atoms with E-state index in [4.69, 9.17) is 9.47 Å². The summed E-state index contributed by atoms with van der Waals surface area (Å²) in [5.74, 6) is -0.587. The summed E-state index contributed by atoms with van der Waals surface area (Å²) in [4.78, 5) is 12.5. The van der Waals surface area contributed by atoms with Crippen LogP contribution in [0.1, 0.15) is 57.8 Å². The number of nitrogens with one attached hydrogen (secondary N) is 2. The molecule has 0 saturated heterocycles. The van der Waals surface area contributed by atoms with Crippen LogP contribution < -0.4 is 10.6 Å². The van der Waals surface area contributed by atoms with Gasteiger partial charge in [-0.2, -0.15) is 13.2 Å². The van der Waals surface area contributed by atoms with Gasteiger partial charge in [0.25, 0.3) is 0 Å². The van der Waals surface area contributed by atoms with Crippen LogP contribution in [0.4, 0.5) is 13.2 Å². The molecule has 0 radical (unpaired) electrons. The number of methoxy groups -OCH3 is 1. The van der Waals surface area contributed by atoms with Gasteiger partial charge in [0.05, 0.1) is 18.1 Å². The first-order chi connectivity index (χ1) is 14.3. The Hall–Kier alpha value is -1.28. The van der Waals surface area contributed by atoms with Gasteiger partial charge >= 0.3 is 6.18 Å². The van der Waals surface area contributed by atoms with Gasteiger partial charge in [-0.25, -0.2) is 0 Å². The number of hydrogen-bond acceptors (Lipinski definition) is 4. The molecule has 1 amide bonds.